The largest absolute Gasteiger partial charge is 0.386 e. The SMILES string of the molecule is CC(C)CC(C)C(O)C[N+](=O)[O-]. The summed E-state index contributed by atoms with van der Waals surface area (Å²) < 4.78 is 0. The molecule has 0 radical (unpaired) electrons. The van der Waals surface area contributed by atoms with Crippen molar-refractivity contribution in [3.8, 4) is 0 Å². The third-order valence-electron chi connectivity index (χ3n) is 1.84. The molecule has 0 amide bonds. The summed E-state index contributed by atoms with van der Waals surface area (Å²) in [7, 11) is 0. The third kappa shape index (κ3) is 5.07. The zero-order valence-electron chi connectivity index (χ0n) is 7.86. The standard InChI is InChI=1S/C8H17NO3/c1-6(2)4-7(3)8(10)5-9(11)12/h6-8,10H,4-5H2,1-3H3. The van der Waals surface area contributed by atoms with Crippen LogP contribution in [0.3, 0.4) is 0 Å². The molecule has 1 N–H and O–H groups in total. The molecule has 4 heteroatoms. The number of rotatable bonds is 5. The van der Waals surface area contributed by atoms with E-state index >= 15 is 0 Å². The molecule has 2 atom stereocenters. The molecule has 72 valence electrons. The van der Waals surface area contributed by atoms with E-state index in [1.54, 1.807) is 0 Å². The van der Waals surface area contributed by atoms with Gasteiger partial charge in [0.15, 0.2) is 0 Å². The van der Waals surface area contributed by atoms with E-state index in [-0.39, 0.29) is 12.5 Å². The highest BCUT2D eigenvalue weighted by Crippen LogP contribution is 2.14. The van der Waals surface area contributed by atoms with Gasteiger partial charge >= 0.3 is 0 Å². The van der Waals surface area contributed by atoms with Gasteiger partial charge in [-0.1, -0.05) is 20.8 Å². The summed E-state index contributed by atoms with van der Waals surface area (Å²) in [5, 5.41) is 19.3. The Labute approximate surface area is 72.7 Å². The molecule has 2 unspecified atom stereocenters. The second kappa shape index (κ2) is 5.09. The molecule has 0 spiro atoms. The molecule has 4 nitrogen and oxygen atoms in total. The van der Waals surface area contributed by atoms with Gasteiger partial charge in [0.1, 0.15) is 6.10 Å². The quantitative estimate of drug-likeness (QED) is 0.506. The molecule has 0 bridgehead atoms. The van der Waals surface area contributed by atoms with Crippen LogP contribution in [0.2, 0.25) is 0 Å². The van der Waals surface area contributed by atoms with Crippen molar-refractivity contribution in [1.29, 1.82) is 0 Å². The molecule has 0 aliphatic carbocycles. The van der Waals surface area contributed by atoms with Crippen LogP contribution < -0.4 is 0 Å². The number of nitro groups is 1. The maximum absolute atomic E-state index is 10.0. The summed E-state index contributed by atoms with van der Waals surface area (Å²) in [6.45, 7) is 5.58. The van der Waals surface area contributed by atoms with Crippen LogP contribution in [-0.2, 0) is 0 Å². The molecule has 0 saturated carbocycles. The van der Waals surface area contributed by atoms with E-state index in [1.165, 1.54) is 0 Å². The maximum Gasteiger partial charge on any atom is 0.229 e. The predicted octanol–water partition coefficient (Wildman–Crippen LogP) is 1.31. The van der Waals surface area contributed by atoms with Gasteiger partial charge < -0.3 is 5.11 Å². The minimum Gasteiger partial charge on any atom is -0.386 e. The van der Waals surface area contributed by atoms with Crippen molar-refractivity contribution in [3.63, 3.8) is 0 Å². The Morgan fingerprint density at radius 1 is 1.42 bits per heavy atom. The number of hydrogen-bond donors (Lipinski definition) is 1. The summed E-state index contributed by atoms with van der Waals surface area (Å²) in [5.41, 5.74) is 0. The average molecular weight is 175 g/mol. The highest BCUT2D eigenvalue weighted by atomic mass is 16.6. The Morgan fingerprint density at radius 3 is 2.25 bits per heavy atom. The minimum absolute atomic E-state index is 0.00963. The van der Waals surface area contributed by atoms with Gasteiger partial charge in [0.05, 0.1) is 0 Å². The van der Waals surface area contributed by atoms with Crippen LogP contribution in [0.1, 0.15) is 27.2 Å². The highest BCUT2D eigenvalue weighted by molar-refractivity contribution is 4.64. The molecule has 12 heavy (non-hydrogen) atoms. The molecule has 0 aromatic heterocycles. The minimum atomic E-state index is -0.803. The van der Waals surface area contributed by atoms with E-state index < -0.39 is 11.0 Å². The summed E-state index contributed by atoms with van der Waals surface area (Å²) >= 11 is 0. The lowest BCUT2D eigenvalue weighted by atomic mass is 9.94. The first-order valence-corrected chi connectivity index (χ1v) is 4.23. The van der Waals surface area contributed by atoms with E-state index in [4.69, 9.17) is 0 Å². The van der Waals surface area contributed by atoms with Gasteiger partial charge in [-0.2, -0.15) is 0 Å². The van der Waals surface area contributed by atoms with Crippen LogP contribution in [0, 0.1) is 22.0 Å². The molecule has 0 aromatic rings. The van der Waals surface area contributed by atoms with Gasteiger partial charge in [-0.05, 0) is 18.3 Å². The van der Waals surface area contributed by atoms with E-state index in [1.807, 2.05) is 20.8 Å². The van der Waals surface area contributed by atoms with E-state index in [9.17, 15) is 15.2 Å². The molecule has 0 rings (SSSR count). The zero-order chi connectivity index (χ0) is 9.72. The van der Waals surface area contributed by atoms with E-state index in [0.717, 1.165) is 6.42 Å². The summed E-state index contributed by atoms with van der Waals surface area (Å²) in [6.07, 6.45) is 0.0250. The molecular weight excluding hydrogens is 158 g/mol. The summed E-state index contributed by atoms with van der Waals surface area (Å²) in [6, 6.07) is 0. The van der Waals surface area contributed by atoms with Gasteiger partial charge in [-0.15, -0.1) is 0 Å². The van der Waals surface area contributed by atoms with Gasteiger partial charge in [0.2, 0.25) is 6.54 Å². The molecule has 0 heterocycles. The molecule has 0 saturated heterocycles. The summed E-state index contributed by atoms with van der Waals surface area (Å²) in [4.78, 5) is 9.57. The maximum atomic E-state index is 10.0. The first-order valence-electron chi connectivity index (χ1n) is 4.23. The molecule has 0 fully saturated rings. The van der Waals surface area contributed by atoms with Gasteiger partial charge in [0.25, 0.3) is 0 Å². The van der Waals surface area contributed by atoms with Crippen molar-refractivity contribution < 1.29 is 10.0 Å². The lowest BCUT2D eigenvalue weighted by molar-refractivity contribution is -0.492. The zero-order valence-corrected chi connectivity index (χ0v) is 7.86. The second-order valence-corrected chi connectivity index (χ2v) is 3.69. The van der Waals surface area contributed by atoms with Crippen LogP contribution in [0.25, 0.3) is 0 Å². The smallest absolute Gasteiger partial charge is 0.229 e. The Morgan fingerprint density at radius 2 is 1.92 bits per heavy atom. The monoisotopic (exact) mass is 175 g/mol. The Balaban J connectivity index is 3.76. The lowest BCUT2D eigenvalue weighted by Gasteiger charge is -2.16. The van der Waals surface area contributed by atoms with Gasteiger partial charge in [0, 0.05) is 4.92 Å². The fourth-order valence-corrected chi connectivity index (χ4v) is 1.23. The molecule has 0 aliphatic rings. The van der Waals surface area contributed by atoms with Crippen molar-refractivity contribution in [2.45, 2.75) is 33.3 Å². The van der Waals surface area contributed by atoms with Crippen LogP contribution in [0.5, 0.6) is 0 Å². The number of aliphatic hydroxyl groups is 1. The topological polar surface area (TPSA) is 63.4 Å². The first kappa shape index (κ1) is 11.4. The van der Waals surface area contributed by atoms with Crippen molar-refractivity contribution in [1.82, 2.24) is 0 Å². The lowest BCUT2D eigenvalue weighted by Crippen LogP contribution is -2.27. The van der Waals surface area contributed by atoms with Crippen LogP contribution in [0.4, 0.5) is 0 Å². The van der Waals surface area contributed by atoms with Crippen molar-refractivity contribution in [3.05, 3.63) is 10.1 Å². The highest BCUT2D eigenvalue weighted by Gasteiger charge is 2.20. The van der Waals surface area contributed by atoms with E-state index in [2.05, 4.69) is 0 Å². The third-order valence-corrected chi connectivity index (χ3v) is 1.84. The summed E-state index contributed by atoms with van der Waals surface area (Å²) in [5.74, 6) is 0.483. The molecular formula is C8H17NO3. The van der Waals surface area contributed by atoms with Crippen LogP contribution >= 0.6 is 0 Å². The molecule has 0 aromatic carbocycles. The van der Waals surface area contributed by atoms with Crippen LogP contribution in [0.15, 0.2) is 0 Å². The van der Waals surface area contributed by atoms with Crippen molar-refractivity contribution in [2.24, 2.45) is 11.8 Å². The number of nitrogens with zero attached hydrogens (tertiary/aromatic N) is 1. The Bertz CT molecular complexity index is 147. The van der Waals surface area contributed by atoms with E-state index in [0.29, 0.717) is 5.92 Å². The fourth-order valence-electron chi connectivity index (χ4n) is 1.23. The number of aliphatic hydroxyl groups excluding tert-OH is 1. The second-order valence-electron chi connectivity index (χ2n) is 3.69. The first-order chi connectivity index (χ1) is 5.43. The van der Waals surface area contributed by atoms with Gasteiger partial charge in [-0.25, -0.2) is 0 Å². The normalized spacial score (nSPS) is 16.1. The Hall–Kier alpha value is -0.640. The fraction of sp³-hybridized carbons (Fsp3) is 1.00. The van der Waals surface area contributed by atoms with Gasteiger partial charge in [-0.3, -0.25) is 10.1 Å². The predicted molar refractivity (Wildman–Crippen MR) is 46.5 cm³/mol. The van der Waals surface area contributed by atoms with Crippen molar-refractivity contribution >= 4 is 0 Å². The average Bonchev–Trinajstić information content (AvgIpc) is 1.84. The van der Waals surface area contributed by atoms with Crippen molar-refractivity contribution in [2.75, 3.05) is 6.54 Å². The van der Waals surface area contributed by atoms with Crippen LogP contribution in [-0.4, -0.2) is 22.7 Å². The molecule has 0 aliphatic heterocycles. The Kier molecular flexibility index (Phi) is 4.81. The number of hydrogen-bond acceptors (Lipinski definition) is 3.